The second-order valence-corrected chi connectivity index (χ2v) is 9.04. The van der Waals surface area contributed by atoms with Gasteiger partial charge in [-0.15, -0.1) is 11.3 Å². The van der Waals surface area contributed by atoms with Crippen LogP contribution in [-0.4, -0.2) is 58.5 Å². The van der Waals surface area contributed by atoms with Crippen molar-refractivity contribution >= 4 is 27.1 Å². The standard InChI is InChI=1S/C17H21N3O3S2/c21-17(19-10-13-20-11-8-18-9-12-20)15-6-7-16(24-15)25(22,23)14-4-2-1-3-5-14/h1-7,18H,8-13H2,(H,19,21). The summed E-state index contributed by atoms with van der Waals surface area (Å²) in [5.74, 6) is -0.227. The number of thiophene rings is 1. The van der Waals surface area contributed by atoms with Crippen molar-refractivity contribution in [2.24, 2.45) is 0 Å². The van der Waals surface area contributed by atoms with Crippen LogP contribution in [0.3, 0.4) is 0 Å². The largest absolute Gasteiger partial charge is 0.350 e. The highest BCUT2D eigenvalue weighted by Gasteiger charge is 2.21. The molecule has 0 saturated carbocycles. The van der Waals surface area contributed by atoms with Gasteiger partial charge in [0.05, 0.1) is 9.77 Å². The predicted molar refractivity (Wildman–Crippen MR) is 97.9 cm³/mol. The SMILES string of the molecule is O=C(NCCN1CCNCC1)c1ccc(S(=O)(=O)c2ccccc2)s1. The van der Waals surface area contributed by atoms with Crippen molar-refractivity contribution in [2.75, 3.05) is 39.3 Å². The zero-order valence-corrected chi connectivity index (χ0v) is 15.4. The van der Waals surface area contributed by atoms with Gasteiger partial charge >= 0.3 is 0 Å². The van der Waals surface area contributed by atoms with Crippen LogP contribution < -0.4 is 10.6 Å². The van der Waals surface area contributed by atoms with Crippen LogP contribution in [0, 0.1) is 0 Å². The summed E-state index contributed by atoms with van der Waals surface area (Å²) in [6.45, 7) is 5.26. The van der Waals surface area contributed by atoms with E-state index in [9.17, 15) is 13.2 Å². The Bertz CT molecular complexity index is 813. The summed E-state index contributed by atoms with van der Waals surface area (Å²) < 4.78 is 25.3. The molecule has 8 heteroatoms. The van der Waals surface area contributed by atoms with Gasteiger partial charge in [-0.05, 0) is 24.3 Å². The molecular formula is C17H21N3O3S2. The van der Waals surface area contributed by atoms with E-state index in [1.807, 2.05) is 0 Å². The van der Waals surface area contributed by atoms with E-state index >= 15 is 0 Å². The maximum atomic E-state index is 12.6. The number of carbonyl (C=O) groups is 1. The third kappa shape index (κ3) is 4.46. The summed E-state index contributed by atoms with van der Waals surface area (Å²) in [6, 6.07) is 11.3. The molecule has 134 valence electrons. The van der Waals surface area contributed by atoms with Crippen LogP contribution >= 0.6 is 11.3 Å². The van der Waals surface area contributed by atoms with Gasteiger partial charge in [-0.2, -0.15) is 0 Å². The van der Waals surface area contributed by atoms with Gasteiger partial charge in [-0.1, -0.05) is 18.2 Å². The molecule has 1 aromatic carbocycles. The van der Waals surface area contributed by atoms with Crippen molar-refractivity contribution in [3.05, 3.63) is 47.3 Å². The lowest BCUT2D eigenvalue weighted by molar-refractivity contribution is 0.0951. The minimum atomic E-state index is -3.57. The zero-order valence-electron chi connectivity index (χ0n) is 13.8. The number of amides is 1. The Morgan fingerprint density at radius 2 is 1.84 bits per heavy atom. The molecule has 1 aliphatic rings. The lowest BCUT2D eigenvalue weighted by atomic mass is 10.3. The summed E-state index contributed by atoms with van der Waals surface area (Å²) in [7, 11) is -3.57. The number of benzene rings is 1. The fraction of sp³-hybridized carbons (Fsp3) is 0.353. The Balaban J connectivity index is 1.60. The van der Waals surface area contributed by atoms with Crippen molar-refractivity contribution in [3.63, 3.8) is 0 Å². The first-order valence-corrected chi connectivity index (χ1v) is 10.5. The van der Waals surface area contributed by atoms with Crippen LogP contribution in [0.15, 0.2) is 51.6 Å². The summed E-state index contributed by atoms with van der Waals surface area (Å²) >= 11 is 1.01. The number of piperazine rings is 1. The van der Waals surface area contributed by atoms with E-state index < -0.39 is 9.84 Å². The third-order valence-corrected chi connectivity index (χ3v) is 7.39. The average Bonchev–Trinajstić information content (AvgIpc) is 3.14. The molecule has 0 bridgehead atoms. The van der Waals surface area contributed by atoms with Gasteiger partial charge in [0.1, 0.15) is 4.21 Å². The van der Waals surface area contributed by atoms with Crippen LogP contribution in [0.5, 0.6) is 0 Å². The van der Waals surface area contributed by atoms with Crippen molar-refractivity contribution in [3.8, 4) is 0 Å². The average molecular weight is 380 g/mol. The molecule has 1 aromatic heterocycles. The number of nitrogens with zero attached hydrogens (tertiary/aromatic N) is 1. The van der Waals surface area contributed by atoms with Gasteiger partial charge in [0.2, 0.25) is 9.84 Å². The molecule has 1 amide bonds. The van der Waals surface area contributed by atoms with Gasteiger partial charge < -0.3 is 10.6 Å². The van der Waals surface area contributed by atoms with E-state index in [4.69, 9.17) is 0 Å². The number of sulfone groups is 1. The molecule has 25 heavy (non-hydrogen) atoms. The first-order chi connectivity index (χ1) is 12.1. The van der Waals surface area contributed by atoms with E-state index in [1.54, 1.807) is 36.4 Å². The molecule has 1 aliphatic heterocycles. The van der Waals surface area contributed by atoms with E-state index in [0.717, 1.165) is 44.1 Å². The summed E-state index contributed by atoms with van der Waals surface area (Å²) in [4.78, 5) is 15.2. The molecule has 2 aromatic rings. The third-order valence-electron chi connectivity index (χ3n) is 4.05. The lowest BCUT2D eigenvalue weighted by Gasteiger charge is -2.26. The molecule has 0 aliphatic carbocycles. The molecule has 6 nitrogen and oxygen atoms in total. The number of nitrogens with one attached hydrogen (secondary N) is 2. The number of carbonyl (C=O) groups excluding carboxylic acids is 1. The molecular weight excluding hydrogens is 358 g/mol. The number of hydrogen-bond acceptors (Lipinski definition) is 6. The van der Waals surface area contributed by atoms with Crippen molar-refractivity contribution in [2.45, 2.75) is 9.10 Å². The van der Waals surface area contributed by atoms with Crippen molar-refractivity contribution in [1.82, 2.24) is 15.5 Å². The van der Waals surface area contributed by atoms with E-state index in [0.29, 0.717) is 11.4 Å². The monoisotopic (exact) mass is 379 g/mol. The van der Waals surface area contributed by atoms with Crippen molar-refractivity contribution in [1.29, 1.82) is 0 Å². The molecule has 3 rings (SSSR count). The molecule has 0 radical (unpaired) electrons. The van der Waals surface area contributed by atoms with Crippen molar-refractivity contribution < 1.29 is 13.2 Å². The summed E-state index contributed by atoms with van der Waals surface area (Å²) in [5, 5.41) is 6.15. The molecule has 0 spiro atoms. The maximum Gasteiger partial charge on any atom is 0.261 e. The molecule has 1 fully saturated rings. The minimum Gasteiger partial charge on any atom is -0.350 e. The summed E-state index contributed by atoms with van der Waals surface area (Å²) in [6.07, 6.45) is 0. The van der Waals surface area contributed by atoms with Crippen LogP contribution in [-0.2, 0) is 9.84 Å². The lowest BCUT2D eigenvalue weighted by Crippen LogP contribution is -2.46. The highest BCUT2D eigenvalue weighted by atomic mass is 32.2. The van der Waals surface area contributed by atoms with Gasteiger partial charge in [0, 0.05) is 39.3 Å². The van der Waals surface area contributed by atoms with E-state index in [1.165, 1.54) is 6.07 Å². The summed E-state index contributed by atoms with van der Waals surface area (Å²) in [5.41, 5.74) is 0. The van der Waals surface area contributed by atoms with Gasteiger partial charge in [0.15, 0.2) is 0 Å². The Hall–Kier alpha value is -1.74. The number of rotatable bonds is 6. The topological polar surface area (TPSA) is 78.5 Å². The molecule has 2 N–H and O–H groups in total. The van der Waals surface area contributed by atoms with Crippen LogP contribution in [0.1, 0.15) is 9.67 Å². The smallest absolute Gasteiger partial charge is 0.261 e. The fourth-order valence-corrected chi connectivity index (χ4v) is 5.30. The highest BCUT2D eigenvalue weighted by molar-refractivity contribution is 7.93. The fourth-order valence-electron chi connectivity index (χ4n) is 2.65. The van der Waals surface area contributed by atoms with Crippen LogP contribution in [0.25, 0.3) is 0 Å². The number of hydrogen-bond donors (Lipinski definition) is 2. The normalized spacial score (nSPS) is 15.8. The first-order valence-electron chi connectivity index (χ1n) is 8.18. The Morgan fingerprint density at radius 1 is 1.12 bits per heavy atom. The molecule has 2 heterocycles. The second kappa shape index (κ2) is 8.09. The first kappa shape index (κ1) is 18.1. The maximum absolute atomic E-state index is 12.6. The second-order valence-electron chi connectivity index (χ2n) is 5.78. The molecule has 0 unspecified atom stereocenters. The van der Waals surface area contributed by atoms with E-state index in [-0.39, 0.29) is 15.0 Å². The van der Waals surface area contributed by atoms with Gasteiger partial charge in [0.25, 0.3) is 5.91 Å². The van der Waals surface area contributed by atoms with Crippen LogP contribution in [0.4, 0.5) is 0 Å². The quantitative estimate of drug-likeness (QED) is 0.789. The highest BCUT2D eigenvalue weighted by Crippen LogP contribution is 2.27. The predicted octanol–water partition coefficient (Wildman–Crippen LogP) is 1.22. The Kier molecular flexibility index (Phi) is 5.85. The van der Waals surface area contributed by atoms with Gasteiger partial charge in [-0.3, -0.25) is 9.69 Å². The van der Waals surface area contributed by atoms with E-state index in [2.05, 4.69) is 15.5 Å². The van der Waals surface area contributed by atoms with Gasteiger partial charge in [-0.25, -0.2) is 8.42 Å². The minimum absolute atomic E-state index is 0.186. The molecule has 1 saturated heterocycles. The molecule has 0 atom stereocenters. The Labute approximate surface area is 151 Å². The Morgan fingerprint density at radius 3 is 2.56 bits per heavy atom. The van der Waals surface area contributed by atoms with Crippen LogP contribution in [0.2, 0.25) is 0 Å². The zero-order chi connectivity index (χ0) is 17.7.